The molecular weight excluding hydrogens is 482 g/mol. The van der Waals surface area contributed by atoms with E-state index in [-0.39, 0.29) is 22.9 Å². The van der Waals surface area contributed by atoms with E-state index in [0.717, 1.165) is 0 Å². The molecule has 2 amide bonds. The van der Waals surface area contributed by atoms with E-state index in [0.29, 0.717) is 21.5 Å². The molecule has 10 heteroatoms. The molecule has 2 aromatic carbocycles. The number of carbonyl (C=O) groups excluding carboxylic acids is 3. The first-order chi connectivity index (χ1) is 15.2. The summed E-state index contributed by atoms with van der Waals surface area (Å²) in [6.07, 6.45) is 1.37. The van der Waals surface area contributed by atoms with Crippen LogP contribution in [0.25, 0.3) is 6.08 Å². The molecule has 0 spiro atoms. The molecule has 9 nitrogen and oxygen atoms in total. The molecule has 3 rings (SSSR count). The Morgan fingerprint density at radius 3 is 2.19 bits per heavy atom. The predicted molar refractivity (Wildman–Crippen MR) is 120 cm³/mol. The number of hydrogen-bond acceptors (Lipinski definition) is 6. The van der Waals surface area contributed by atoms with Crippen LogP contribution in [0.5, 0.6) is 0 Å². The van der Waals surface area contributed by atoms with Gasteiger partial charge in [-0.25, -0.2) is 0 Å². The molecule has 32 heavy (non-hydrogen) atoms. The number of Topliss-reactive ketones (excluding diaryl/α,β-unsaturated/α-hetero) is 1. The molecule has 0 aliphatic rings. The fourth-order valence-corrected chi connectivity index (χ4v) is 2.93. The summed E-state index contributed by atoms with van der Waals surface area (Å²) in [7, 11) is 0. The maximum atomic E-state index is 12.9. The molecule has 1 aromatic heterocycles. The average molecular weight is 498 g/mol. The summed E-state index contributed by atoms with van der Waals surface area (Å²) in [5, 5.41) is 16.0. The zero-order valence-electron chi connectivity index (χ0n) is 16.6. The molecule has 0 aliphatic heterocycles. The van der Waals surface area contributed by atoms with Crippen molar-refractivity contribution in [2.75, 3.05) is 5.32 Å². The number of rotatable bonds is 7. The molecule has 1 heterocycles. The fourth-order valence-electron chi connectivity index (χ4n) is 2.62. The summed E-state index contributed by atoms with van der Waals surface area (Å²) in [5.74, 6) is -1.44. The first-order valence-electron chi connectivity index (χ1n) is 9.18. The molecule has 0 radical (unpaired) electrons. The molecule has 162 valence electrons. The van der Waals surface area contributed by atoms with Crippen molar-refractivity contribution >= 4 is 51.0 Å². The number of ketones is 1. The standard InChI is InChI=1S/C22H16BrN3O6/c1-13(27)15-4-6-16(7-5-15)24-21(28)18(25-22(29)19-10-11-20(23)32-19)12-14-2-8-17(9-3-14)26(30)31/h2-12H,1H3,(H,24,28)(H,25,29)/b18-12-. The Morgan fingerprint density at radius 2 is 1.66 bits per heavy atom. The van der Waals surface area contributed by atoms with E-state index in [9.17, 15) is 24.5 Å². The predicted octanol–water partition coefficient (Wildman–Crippen LogP) is 4.56. The van der Waals surface area contributed by atoms with Crippen molar-refractivity contribution in [3.05, 3.63) is 98.0 Å². The van der Waals surface area contributed by atoms with E-state index in [1.165, 1.54) is 49.4 Å². The van der Waals surface area contributed by atoms with Crippen LogP contribution >= 0.6 is 15.9 Å². The number of amides is 2. The Hall–Kier alpha value is -4.05. The van der Waals surface area contributed by atoms with Crippen LogP contribution in [0, 0.1) is 10.1 Å². The normalized spacial score (nSPS) is 11.0. The summed E-state index contributed by atoms with van der Waals surface area (Å²) in [6, 6.07) is 14.7. The van der Waals surface area contributed by atoms with Crippen molar-refractivity contribution in [3.63, 3.8) is 0 Å². The lowest BCUT2D eigenvalue weighted by molar-refractivity contribution is -0.384. The van der Waals surface area contributed by atoms with E-state index < -0.39 is 16.7 Å². The number of nitrogens with one attached hydrogen (secondary N) is 2. The van der Waals surface area contributed by atoms with Gasteiger partial charge in [-0.2, -0.15) is 0 Å². The number of nitro groups is 1. The molecule has 0 fully saturated rings. The monoisotopic (exact) mass is 497 g/mol. The van der Waals surface area contributed by atoms with Crippen molar-refractivity contribution in [1.29, 1.82) is 0 Å². The number of benzene rings is 2. The summed E-state index contributed by atoms with van der Waals surface area (Å²) < 4.78 is 5.56. The largest absolute Gasteiger partial charge is 0.444 e. The third kappa shape index (κ3) is 5.76. The Kier molecular flexibility index (Phi) is 6.96. The average Bonchev–Trinajstić information content (AvgIpc) is 3.20. The van der Waals surface area contributed by atoms with Gasteiger partial charge < -0.3 is 15.1 Å². The first-order valence-corrected chi connectivity index (χ1v) is 9.97. The van der Waals surface area contributed by atoms with Gasteiger partial charge in [-0.1, -0.05) is 0 Å². The van der Waals surface area contributed by atoms with E-state index in [2.05, 4.69) is 26.6 Å². The third-order valence-electron chi connectivity index (χ3n) is 4.25. The molecule has 0 bridgehead atoms. The molecule has 0 saturated carbocycles. The van der Waals surface area contributed by atoms with E-state index >= 15 is 0 Å². The minimum atomic E-state index is -0.661. The van der Waals surface area contributed by atoms with Gasteiger partial charge in [0, 0.05) is 23.4 Å². The van der Waals surface area contributed by atoms with E-state index in [1.54, 1.807) is 24.3 Å². The smallest absolute Gasteiger partial charge is 0.291 e. The number of non-ortho nitro benzene ring substituents is 1. The molecule has 0 unspecified atom stereocenters. The highest BCUT2D eigenvalue weighted by atomic mass is 79.9. The van der Waals surface area contributed by atoms with Gasteiger partial charge in [0.1, 0.15) is 5.70 Å². The summed E-state index contributed by atoms with van der Waals surface area (Å²) in [6.45, 7) is 1.43. The van der Waals surface area contributed by atoms with Gasteiger partial charge in [0.2, 0.25) is 0 Å². The van der Waals surface area contributed by atoms with Gasteiger partial charge in [0.25, 0.3) is 17.5 Å². The van der Waals surface area contributed by atoms with Gasteiger partial charge >= 0.3 is 0 Å². The molecule has 2 N–H and O–H groups in total. The SMILES string of the molecule is CC(=O)c1ccc(NC(=O)/C(=C/c2ccc([N+](=O)[O-])cc2)NC(=O)c2ccc(Br)o2)cc1. The highest BCUT2D eigenvalue weighted by molar-refractivity contribution is 9.10. The van der Waals surface area contributed by atoms with Crippen LogP contribution in [0.4, 0.5) is 11.4 Å². The van der Waals surface area contributed by atoms with Crippen molar-refractivity contribution in [1.82, 2.24) is 5.32 Å². The number of nitro benzene ring substituents is 1. The Morgan fingerprint density at radius 1 is 1.00 bits per heavy atom. The van der Waals surface area contributed by atoms with Crippen LogP contribution in [0.1, 0.15) is 33.4 Å². The number of furan rings is 1. The summed E-state index contributed by atoms with van der Waals surface area (Å²) in [4.78, 5) is 47.1. The Labute approximate surface area is 190 Å². The van der Waals surface area contributed by atoms with Crippen LogP contribution in [0.15, 0.2) is 75.4 Å². The molecule has 0 aliphatic carbocycles. The highest BCUT2D eigenvalue weighted by Gasteiger charge is 2.18. The van der Waals surface area contributed by atoms with Crippen molar-refractivity contribution in [3.8, 4) is 0 Å². The Bertz CT molecular complexity index is 1210. The summed E-state index contributed by atoms with van der Waals surface area (Å²) in [5.41, 5.74) is 1.12. The zero-order chi connectivity index (χ0) is 23.3. The van der Waals surface area contributed by atoms with E-state index in [4.69, 9.17) is 4.42 Å². The van der Waals surface area contributed by atoms with Gasteiger partial charge in [-0.3, -0.25) is 24.5 Å². The van der Waals surface area contributed by atoms with Gasteiger partial charge in [-0.05, 0) is 83.0 Å². The highest BCUT2D eigenvalue weighted by Crippen LogP contribution is 2.17. The Balaban J connectivity index is 1.87. The minimum Gasteiger partial charge on any atom is -0.444 e. The van der Waals surface area contributed by atoms with Gasteiger partial charge in [0.15, 0.2) is 16.2 Å². The second-order valence-electron chi connectivity index (χ2n) is 6.55. The van der Waals surface area contributed by atoms with Crippen LogP contribution < -0.4 is 10.6 Å². The number of hydrogen-bond donors (Lipinski definition) is 2. The van der Waals surface area contributed by atoms with E-state index in [1.807, 2.05) is 0 Å². The second-order valence-corrected chi connectivity index (χ2v) is 7.33. The number of nitrogens with zero attached hydrogens (tertiary/aromatic N) is 1. The molecule has 0 atom stereocenters. The maximum absolute atomic E-state index is 12.9. The minimum absolute atomic E-state index is 0.0231. The van der Waals surface area contributed by atoms with Crippen LogP contribution in [0.3, 0.4) is 0 Å². The lowest BCUT2D eigenvalue weighted by atomic mass is 10.1. The maximum Gasteiger partial charge on any atom is 0.291 e. The third-order valence-corrected chi connectivity index (χ3v) is 4.68. The second kappa shape index (κ2) is 9.84. The van der Waals surface area contributed by atoms with Crippen LogP contribution in [-0.2, 0) is 4.79 Å². The number of carbonyl (C=O) groups is 3. The van der Waals surface area contributed by atoms with Crippen LogP contribution in [0.2, 0.25) is 0 Å². The number of halogens is 1. The fraction of sp³-hybridized carbons (Fsp3) is 0.0455. The topological polar surface area (TPSA) is 132 Å². The van der Waals surface area contributed by atoms with Crippen LogP contribution in [-0.4, -0.2) is 22.5 Å². The molecular formula is C22H16BrN3O6. The first kappa shape index (κ1) is 22.6. The van der Waals surface area contributed by atoms with Crippen molar-refractivity contribution in [2.24, 2.45) is 0 Å². The lowest BCUT2D eigenvalue weighted by Gasteiger charge is -2.11. The van der Waals surface area contributed by atoms with Gasteiger partial charge in [0.05, 0.1) is 4.92 Å². The van der Waals surface area contributed by atoms with Gasteiger partial charge in [-0.15, -0.1) is 0 Å². The zero-order valence-corrected chi connectivity index (χ0v) is 18.2. The summed E-state index contributed by atoms with van der Waals surface area (Å²) >= 11 is 3.11. The molecule has 3 aromatic rings. The lowest BCUT2D eigenvalue weighted by Crippen LogP contribution is -2.30. The quantitative estimate of drug-likeness (QED) is 0.213. The molecule has 0 saturated heterocycles. The number of anilines is 1. The van der Waals surface area contributed by atoms with Crippen molar-refractivity contribution in [2.45, 2.75) is 6.92 Å². The van der Waals surface area contributed by atoms with Crippen molar-refractivity contribution < 1.29 is 23.7 Å².